The second-order valence-electron chi connectivity index (χ2n) is 6.05. The number of nitrogens with zero attached hydrogens (tertiary/aromatic N) is 1. The Morgan fingerprint density at radius 2 is 1.95 bits per heavy atom. The number of nitrogens with one attached hydrogen (secondary N) is 1. The molecule has 1 saturated heterocycles. The van der Waals surface area contributed by atoms with Crippen LogP contribution < -0.4 is 5.32 Å². The predicted molar refractivity (Wildman–Crippen MR) is 74.6 cm³/mol. The van der Waals surface area contributed by atoms with Gasteiger partial charge in [-0.2, -0.15) is 0 Å². The summed E-state index contributed by atoms with van der Waals surface area (Å²) in [6.45, 7) is 6.20. The molecule has 1 aliphatic carbocycles. The van der Waals surface area contributed by atoms with Crippen LogP contribution >= 0.6 is 0 Å². The lowest BCUT2D eigenvalue weighted by Crippen LogP contribution is -2.70. The molecule has 108 valence electrons. The van der Waals surface area contributed by atoms with Crippen molar-refractivity contribution in [1.29, 1.82) is 0 Å². The van der Waals surface area contributed by atoms with E-state index in [4.69, 9.17) is 0 Å². The van der Waals surface area contributed by atoms with Crippen molar-refractivity contribution < 1.29 is 9.59 Å². The summed E-state index contributed by atoms with van der Waals surface area (Å²) in [5.74, 6) is 0.223. The highest BCUT2D eigenvalue weighted by atomic mass is 16.2. The molecule has 0 bridgehead atoms. The molecule has 2 fully saturated rings. The van der Waals surface area contributed by atoms with Crippen LogP contribution in [0, 0.1) is 0 Å². The van der Waals surface area contributed by atoms with E-state index in [0.717, 1.165) is 44.9 Å². The second-order valence-corrected chi connectivity index (χ2v) is 6.05. The quantitative estimate of drug-likeness (QED) is 0.848. The van der Waals surface area contributed by atoms with Gasteiger partial charge in [0.25, 0.3) is 0 Å². The molecule has 0 radical (unpaired) electrons. The second kappa shape index (κ2) is 5.51. The zero-order valence-corrected chi connectivity index (χ0v) is 12.4. The van der Waals surface area contributed by atoms with E-state index in [1.54, 1.807) is 0 Å². The van der Waals surface area contributed by atoms with Gasteiger partial charge < -0.3 is 10.2 Å². The van der Waals surface area contributed by atoms with Crippen molar-refractivity contribution in [2.24, 2.45) is 0 Å². The normalized spacial score (nSPS) is 27.7. The summed E-state index contributed by atoms with van der Waals surface area (Å²) >= 11 is 0. The monoisotopic (exact) mass is 266 g/mol. The van der Waals surface area contributed by atoms with Gasteiger partial charge in [-0.1, -0.05) is 33.1 Å². The fourth-order valence-corrected chi connectivity index (χ4v) is 3.45. The zero-order chi connectivity index (χ0) is 14.0. The fraction of sp³-hybridized carbons (Fsp3) is 0.867. The summed E-state index contributed by atoms with van der Waals surface area (Å²) in [7, 11) is 0. The van der Waals surface area contributed by atoms with Crippen molar-refractivity contribution in [3.8, 4) is 0 Å². The topological polar surface area (TPSA) is 49.4 Å². The third-order valence-corrected chi connectivity index (χ3v) is 4.73. The van der Waals surface area contributed by atoms with Crippen LogP contribution in [0.5, 0.6) is 0 Å². The molecule has 4 heteroatoms. The summed E-state index contributed by atoms with van der Waals surface area (Å²) < 4.78 is 0. The molecule has 1 N–H and O–H groups in total. The minimum Gasteiger partial charge on any atom is -0.340 e. The number of rotatable bonds is 4. The molecule has 2 aliphatic rings. The molecule has 19 heavy (non-hydrogen) atoms. The van der Waals surface area contributed by atoms with Gasteiger partial charge in [0, 0.05) is 6.04 Å². The molecule has 1 saturated carbocycles. The van der Waals surface area contributed by atoms with E-state index in [2.05, 4.69) is 26.1 Å². The third-order valence-electron chi connectivity index (χ3n) is 4.73. The van der Waals surface area contributed by atoms with Gasteiger partial charge in [-0.15, -0.1) is 0 Å². The molecule has 2 unspecified atom stereocenters. The van der Waals surface area contributed by atoms with Crippen molar-refractivity contribution in [3.05, 3.63) is 0 Å². The Bertz CT molecular complexity index is 361. The third kappa shape index (κ3) is 2.37. The van der Waals surface area contributed by atoms with Gasteiger partial charge in [0.2, 0.25) is 11.8 Å². The summed E-state index contributed by atoms with van der Waals surface area (Å²) in [4.78, 5) is 27.2. The van der Waals surface area contributed by atoms with Gasteiger partial charge in [-0.25, -0.2) is 0 Å². The number of hydrogen-bond acceptors (Lipinski definition) is 2. The van der Waals surface area contributed by atoms with Crippen LogP contribution in [0.2, 0.25) is 0 Å². The number of carbonyl (C=O) groups excluding carboxylic acids is 2. The minimum atomic E-state index is -0.579. The summed E-state index contributed by atoms with van der Waals surface area (Å²) in [5.41, 5.74) is -0.579. The molecular weight excluding hydrogens is 240 g/mol. The van der Waals surface area contributed by atoms with Gasteiger partial charge in [0.15, 0.2) is 0 Å². The SMILES string of the molecule is CCCC1C(=O)NC2(CCCC2)C(=O)N1C(C)CC. The highest BCUT2D eigenvalue weighted by Crippen LogP contribution is 2.36. The number of hydrogen-bond donors (Lipinski definition) is 1. The van der Waals surface area contributed by atoms with E-state index in [-0.39, 0.29) is 23.9 Å². The number of amides is 2. The molecular formula is C15H26N2O2. The average Bonchev–Trinajstić information content (AvgIpc) is 2.85. The van der Waals surface area contributed by atoms with Crippen molar-refractivity contribution in [3.63, 3.8) is 0 Å². The predicted octanol–water partition coefficient (Wildman–Crippen LogP) is 2.22. The van der Waals surface area contributed by atoms with Crippen LogP contribution in [-0.2, 0) is 9.59 Å². The first-order valence-electron chi connectivity index (χ1n) is 7.70. The van der Waals surface area contributed by atoms with Gasteiger partial charge >= 0.3 is 0 Å². The maximum Gasteiger partial charge on any atom is 0.249 e. The van der Waals surface area contributed by atoms with Crippen LogP contribution in [0.15, 0.2) is 0 Å². The van der Waals surface area contributed by atoms with Crippen molar-refractivity contribution in [2.45, 2.75) is 83.3 Å². The number of piperazine rings is 1. The largest absolute Gasteiger partial charge is 0.340 e. The van der Waals surface area contributed by atoms with E-state index in [1.807, 2.05) is 4.90 Å². The molecule has 2 amide bonds. The maximum absolute atomic E-state index is 12.9. The Morgan fingerprint density at radius 3 is 2.47 bits per heavy atom. The smallest absolute Gasteiger partial charge is 0.249 e. The fourth-order valence-electron chi connectivity index (χ4n) is 3.45. The lowest BCUT2D eigenvalue weighted by Gasteiger charge is -2.47. The highest BCUT2D eigenvalue weighted by Gasteiger charge is 2.52. The zero-order valence-electron chi connectivity index (χ0n) is 12.4. The van der Waals surface area contributed by atoms with E-state index in [9.17, 15) is 9.59 Å². The van der Waals surface area contributed by atoms with Crippen LogP contribution in [0.4, 0.5) is 0 Å². The van der Waals surface area contributed by atoms with Crippen molar-refractivity contribution >= 4 is 11.8 Å². The van der Waals surface area contributed by atoms with E-state index < -0.39 is 5.54 Å². The van der Waals surface area contributed by atoms with Gasteiger partial charge in [0.1, 0.15) is 11.6 Å². The highest BCUT2D eigenvalue weighted by molar-refractivity contribution is 6.00. The van der Waals surface area contributed by atoms with E-state index >= 15 is 0 Å². The van der Waals surface area contributed by atoms with Crippen molar-refractivity contribution in [1.82, 2.24) is 10.2 Å². The van der Waals surface area contributed by atoms with Gasteiger partial charge in [-0.05, 0) is 32.6 Å². The van der Waals surface area contributed by atoms with E-state index in [0.29, 0.717) is 0 Å². The van der Waals surface area contributed by atoms with Gasteiger partial charge in [-0.3, -0.25) is 9.59 Å². The molecule has 0 aromatic carbocycles. The lowest BCUT2D eigenvalue weighted by molar-refractivity contribution is -0.157. The minimum absolute atomic E-state index is 0.0589. The standard InChI is InChI=1S/C15H26N2O2/c1-4-8-12-13(18)16-15(9-6-7-10-15)14(19)17(12)11(3)5-2/h11-12H,4-10H2,1-3H3,(H,16,18). The summed E-state index contributed by atoms with van der Waals surface area (Å²) in [6, 6.07) is -0.119. The molecule has 0 aromatic rings. The van der Waals surface area contributed by atoms with Crippen LogP contribution in [0.1, 0.15) is 65.7 Å². The van der Waals surface area contributed by atoms with E-state index in [1.165, 1.54) is 0 Å². The Balaban J connectivity index is 2.30. The molecule has 2 rings (SSSR count). The average molecular weight is 266 g/mol. The molecule has 2 atom stereocenters. The Labute approximate surface area is 115 Å². The summed E-state index contributed by atoms with van der Waals surface area (Å²) in [5, 5.41) is 3.06. The number of carbonyl (C=O) groups is 2. The first-order chi connectivity index (χ1) is 9.05. The Morgan fingerprint density at radius 1 is 1.32 bits per heavy atom. The maximum atomic E-state index is 12.9. The Hall–Kier alpha value is -1.06. The van der Waals surface area contributed by atoms with Crippen molar-refractivity contribution in [2.75, 3.05) is 0 Å². The molecule has 0 aromatic heterocycles. The molecule has 4 nitrogen and oxygen atoms in total. The molecule has 1 heterocycles. The Kier molecular flexibility index (Phi) is 4.16. The van der Waals surface area contributed by atoms with Crippen LogP contribution in [-0.4, -0.2) is 34.3 Å². The summed E-state index contributed by atoms with van der Waals surface area (Å²) in [6.07, 6.45) is 6.28. The van der Waals surface area contributed by atoms with Crippen LogP contribution in [0.25, 0.3) is 0 Å². The van der Waals surface area contributed by atoms with Gasteiger partial charge in [0.05, 0.1) is 0 Å². The first kappa shape index (κ1) is 14.4. The molecule has 1 aliphatic heterocycles. The lowest BCUT2D eigenvalue weighted by atomic mass is 9.88. The van der Waals surface area contributed by atoms with Crippen LogP contribution in [0.3, 0.4) is 0 Å². The molecule has 1 spiro atoms. The first-order valence-corrected chi connectivity index (χ1v) is 7.70.